The Bertz CT molecular complexity index is 689. The molecule has 0 aliphatic heterocycles. The molecule has 4 heteroatoms. The van der Waals surface area contributed by atoms with Gasteiger partial charge in [0.05, 0.1) is 4.90 Å². The molecular formula is C23H33NO2S. The topological polar surface area (TPSA) is 37.4 Å². The second-order valence-corrected chi connectivity index (χ2v) is 8.45. The van der Waals surface area contributed by atoms with Gasteiger partial charge in [-0.3, -0.25) is 0 Å². The minimum atomic E-state index is -3.51. The largest absolute Gasteiger partial charge is 0.243 e. The number of hydrogen-bond acceptors (Lipinski definition) is 2. The molecule has 0 unspecified atom stereocenters. The van der Waals surface area contributed by atoms with Gasteiger partial charge in [-0.2, -0.15) is 4.31 Å². The Hall–Kier alpha value is -1.91. The minimum absolute atomic E-state index is 0.341. The van der Waals surface area contributed by atoms with Crippen molar-refractivity contribution < 1.29 is 8.42 Å². The number of nitrogens with zero attached hydrogens (tertiary/aromatic N) is 1. The van der Waals surface area contributed by atoms with Crippen LogP contribution in [-0.2, 0) is 10.0 Å². The monoisotopic (exact) mass is 387 g/mol. The van der Waals surface area contributed by atoms with Crippen LogP contribution in [0, 0.1) is 6.92 Å². The molecule has 1 aromatic rings. The number of unbranched alkanes of at least 4 members (excludes halogenated alkanes) is 4. The van der Waals surface area contributed by atoms with E-state index in [1.807, 2.05) is 43.4 Å². The molecule has 0 radical (unpaired) electrons. The fourth-order valence-electron chi connectivity index (χ4n) is 2.51. The molecule has 3 nitrogen and oxygen atoms in total. The molecule has 0 aliphatic carbocycles. The van der Waals surface area contributed by atoms with Gasteiger partial charge in [0.25, 0.3) is 0 Å². The third-order valence-corrected chi connectivity index (χ3v) is 6.01. The molecule has 0 saturated carbocycles. The van der Waals surface area contributed by atoms with Gasteiger partial charge in [0.15, 0.2) is 0 Å². The fourth-order valence-corrected chi connectivity index (χ4v) is 3.85. The van der Waals surface area contributed by atoms with E-state index in [0.717, 1.165) is 44.1 Å². The fraction of sp³-hybridized carbons (Fsp3) is 0.391. The van der Waals surface area contributed by atoms with E-state index in [1.165, 1.54) is 4.31 Å². The maximum absolute atomic E-state index is 13.0. The van der Waals surface area contributed by atoms with E-state index in [1.54, 1.807) is 12.1 Å². The van der Waals surface area contributed by atoms with Gasteiger partial charge in [-0.15, -0.1) is 13.2 Å². The summed E-state index contributed by atoms with van der Waals surface area (Å²) < 4.78 is 27.5. The van der Waals surface area contributed by atoms with Crippen LogP contribution in [-0.4, -0.2) is 25.8 Å². The number of benzene rings is 1. The lowest BCUT2D eigenvalue weighted by Gasteiger charge is -2.19. The van der Waals surface area contributed by atoms with Crippen LogP contribution < -0.4 is 0 Å². The minimum Gasteiger partial charge on any atom is -0.207 e. The van der Waals surface area contributed by atoms with Crippen molar-refractivity contribution in [2.24, 2.45) is 0 Å². The lowest BCUT2D eigenvalue weighted by atomic mass is 10.2. The van der Waals surface area contributed by atoms with Crippen molar-refractivity contribution in [3.63, 3.8) is 0 Å². The molecule has 0 bridgehead atoms. The Morgan fingerprint density at radius 1 is 0.815 bits per heavy atom. The number of hydrogen-bond donors (Lipinski definition) is 0. The predicted octanol–water partition coefficient (Wildman–Crippen LogP) is 5.81. The SMILES string of the molecule is C=CCCCC=CCN(CC=CCCCC=C)S(=O)(=O)c1ccc(C)cc1. The van der Waals surface area contributed by atoms with Gasteiger partial charge in [0, 0.05) is 13.1 Å². The van der Waals surface area contributed by atoms with Gasteiger partial charge in [-0.1, -0.05) is 54.2 Å². The number of sulfonamides is 1. The van der Waals surface area contributed by atoms with E-state index in [0.29, 0.717) is 18.0 Å². The van der Waals surface area contributed by atoms with Gasteiger partial charge in [-0.05, 0) is 57.6 Å². The van der Waals surface area contributed by atoms with Crippen LogP contribution >= 0.6 is 0 Å². The first-order valence-electron chi connectivity index (χ1n) is 9.61. The molecule has 0 saturated heterocycles. The standard InChI is InChI=1S/C23H33NO2S/c1-4-6-8-10-12-14-20-24(21-15-13-11-9-7-5-2)27(25,26)23-18-16-22(3)17-19-23/h4-5,12-19H,1-2,6-11,20-21H2,3H3. The average Bonchev–Trinajstić information content (AvgIpc) is 2.65. The summed E-state index contributed by atoms with van der Waals surface area (Å²) in [5.74, 6) is 0. The molecular weight excluding hydrogens is 354 g/mol. The Balaban J connectivity index is 2.80. The van der Waals surface area contributed by atoms with Gasteiger partial charge in [0.2, 0.25) is 10.0 Å². The van der Waals surface area contributed by atoms with Crippen molar-refractivity contribution in [1.82, 2.24) is 4.31 Å². The zero-order valence-corrected chi connectivity index (χ0v) is 17.3. The molecule has 0 atom stereocenters. The summed E-state index contributed by atoms with van der Waals surface area (Å²) in [6.45, 7) is 10.1. The van der Waals surface area contributed by atoms with Crippen LogP contribution in [0.25, 0.3) is 0 Å². The van der Waals surface area contributed by atoms with Crippen LogP contribution in [0.5, 0.6) is 0 Å². The van der Waals surface area contributed by atoms with Crippen molar-refractivity contribution in [2.75, 3.05) is 13.1 Å². The van der Waals surface area contributed by atoms with Crippen molar-refractivity contribution in [3.05, 3.63) is 79.4 Å². The van der Waals surface area contributed by atoms with E-state index in [-0.39, 0.29) is 0 Å². The molecule has 0 fully saturated rings. The zero-order chi connectivity index (χ0) is 20.0. The van der Waals surface area contributed by atoms with E-state index in [9.17, 15) is 8.42 Å². The Morgan fingerprint density at radius 2 is 1.30 bits per heavy atom. The third-order valence-electron chi connectivity index (χ3n) is 4.17. The van der Waals surface area contributed by atoms with Gasteiger partial charge >= 0.3 is 0 Å². The van der Waals surface area contributed by atoms with Gasteiger partial charge < -0.3 is 0 Å². The highest BCUT2D eigenvalue weighted by Crippen LogP contribution is 2.16. The van der Waals surface area contributed by atoms with Crippen molar-refractivity contribution in [3.8, 4) is 0 Å². The summed E-state index contributed by atoms with van der Waals surface area (Å²) in [7, 11) is -3.51. The number of aryl methyl sites for hydroxylation is 1. The van der Waals surface area contributed by atoms with Crippen LogP contribution in [0.2, 0.25) is 0 Å². The molecule has 0 aromatic heterocycles. The highest BCUT2D eigenvalue weighted by atomic mass is 32.2. The highest BCUT2D eigenvalue weighted by molar-refractivity contribution is 7.89. The molecule has 0 N–H and O–H groups in total. The molecule has 0 aliphatic rings. The summed E-state index contributed by atoms with van der Waals surface area (Å²) in [5, 5.41) is 0. The zero-order valence-electron chi connectivity index (χ0n) is 16.5. The average molecular weight is 388 g/mol. The normalized spacial score (nSPS) is 12.2. The van der Waals surface area contributed by atoms with Gasteiger partial charge in [-0.25, -0.2) is 8.42 Å². The molecule has 1 rings (SSSR count). The molecule has 0 amide bonds. The summed E-state index contributed by atoms with van der Waals surface area (Å²) in [6, 6.07) is 7.03. The molecule has 148 valence electrons. The van der Waals surface area contributed by atoms with Crippen LogP contribution in [0.3, 0.4) is 0 Å². The lowest BCUT2D eigenvalue weighted by Crippen LogP contribution is -2.31. The first-order chi connectivity index (χ1) is 13.0. The summed E-state index contributed by atoms with van der Waals surface area (Å²) in [5.41, 5.74) is 1.05. The van der Waals surface area contributed by atoms with Crippen molar-refractivity contribution in [2.45, 2.75) is 50.3 Å². The van der Waals surface area contributed by atoms with E-state index in [4.69, 9.17) is 0 Å². The summed E-state index contributed by atoms with van der Waals surface area (Å²) >= 11 is 0. The van der Waals surface area contributed by atoms with E-state index < -0.39 is 10.0 Å². The Labute approximate surface area is 165 Å². The lowest BCUT2D eigenvalue weighted by molar-refractivity contribution is 0.473. The Morgan fingerprint density at radius 3 is 1.74 bits per heavy atom. The highest BCUT2D eigenvalue weighted by Gasteiger charge is 2.22. The second kappa shape index (κ2) is 13.3. The summed E-state index contributed by atoms with van der Waals surface area (Å²) in [6.07, 6.45) is 17.7. The van der Waals surface area contributed by atoms with E-state index in [2.05, 4.69) is 25.3 Å². The van der Waals surface area contributed by atoms with E-state index >= 15 is 0 Å². The van der Waals surface area contributed by atoms with Gasteiger partial charge in [0.1, 0.15) is 0 Å². The molecule has 1 aromatic carbocycles. The maximum Gasteiger partial charge on any atom is 0.243 e. The van der Waals surface area contributed by atoms with Crippen LogP contribution in [0.4, 0.5) is 0 Å². The first kappa shape index (κ1) is 23.1. The molecule has 0 spiro atoms. The Kier molecular flexibility index (Phi) is 11.4. The number of rotatable bonds is 14. The third kappa shape index (κ3) is 9.03. The van der Waals surface area contributed by atoms with Crippen molar-refractivity contribution >= 4 is 10.0 Å². The molecule has 0 heterocycles. The maximum atomic E-state index is 13.0. The van der Waals surface area contributed by atoms with Crippen LogP contribution in [0.1, 0.15) is 44.1 Å². The second-order valence-electron chi connectivity index (χ2n) is 6.52. The first-order valence-corrected chi connectivity index (χ1v) is 11.0. The molecule has 27 heavy (non-hydrogen) atoms. The van der Waals surface area contributed by atoms with Crippen LogP contribution in [0.15, 0.2) is 78.8 Å². The smallest absolute Gasteiger partial charge is 0.207 e. The number of allylic oxidation sites excluding steroid dienone is 4. The predicted molar refractivity (Wildman–Crippen MR) is 116 cm³/mol. The quantitative estimate of drug-likeness (QED) is 0.298. The van der Waals surface area contributed by atoms with Crippen molar-refractivity contribution in [1.29, 1.82) is 0 Å². The summed E-state index contributed by atoms with van der Waals surface area (Å²) in [4.78, 5) is 0.341.